The maximum atomic E-state index is 14.5. The molecule has 4 rings (SSSR count). The number of rotatable bonds is 38. The van der Waals surface area contributed by atoms with E-state index in [2.05, 4.69) is 77.8 Å². The summed E-state index contributed by atoms with van der Waals surface area (Å²) in [5, 5.41) is 42.7. The van der Waals surface area contributed by atoms with Crippen LogP contribution in [0.5, 0.6) is 0 Å². The second-order valence-electron chi connectivity index (χ2n) is 20.1. The van der Waals surface area contributed by atoms with Gasteiger partial charge in [0.15, 0.2) is 11.9 Å². The summed E-state index contributed by atoms with van der Waals surface area (Å²) in [5.74, 6) is -11.5. The number of carboxylic acid groups (broad SMARTS) is 1. The van der Waals surface area contributed by atoms with E-state index in [1.54, 1.807) is 30.3 Å². The van der Waals surface area contributed by atoms with Crippen molar-refractivity contribution in [1.82, 2.24) is 72.7 Å². The minimum absolute atomic E-state index is 0.0152. The van der Waals surface area contributed by atoms with Gasteiger partial charge in [0.1, 0.15) is 48.3 Å². The number of nitrogens with zero attached hydrogens (tertiary/aromatic N) is 5. The third kappa shape index (κ3) is 24.8. The van der Waals surface area contributed by atoms with Crippen LogP contribution in [0.4, 0.5) is 0 Å². The van der Waals surface area contributed by atoms with Crippen LogP contribution in [0.2, 0.25) is 0 Å². The van der Waals surface area contributed by atoms with Gasteiger partial charge in [-0.1, -0.05) is 30.3 Å². The van der Waals surface area contributed by atoms with Crippen molar-refractivity contribution in [3.8, 4) is 0 Å². The molecule has 2 aromatic heterocycles. The van der Waals surface area contributed by atoms with E-state index in [4.69, 9.17) is 34.4 Å². The number of hydrogen-bond acceptors (Lipinski definition) is 18. The summed E-state index contributed by atoms with van der Waals surface area (Å²) in [4.78, 5) is 182. The number of aromatic nitrogens is 4. The van der Waals surface area contributed by atoms with E-state index in [-0.39, 0.29) is 95.8 Å². The van der Waals surface area contributed by atoms with Crippen LogP contribution >= 0.6 is 0 Å². The summed E-state index contributed by atoms with van der Waals surface area (Å²) in [6.45, 7) is -2.64. The largest absolute Gasteiger partial charge is 0.480 e. The number of aliphatic imine (C=N–C) groups is 2. The zero-order valence-corrected chi connectivity index (χ0v) is 48.0. The second kappa shape index (κ2) is 36.6. The topological polar surface area (TPSA) is 595 Å². The summed E-state index contributed by atoms with van der Waals surface area (Å²) in [6.07, 6.45) is 4.23. The van der Waals surface area contributed by atoms with Crippen molar-refractivity contribution in [2.24, 2.45) is 44.4 Å². The molecule has 0 spiro atoms. The van der Waals surface area contributed by atoms with Crippen LogP contribution in [-0.4, -0.2) is 212 Å². The van der Waals surface area contributed by atoms with Gasteiger partial charge in [0.05, 0.1) is 38.9 Å². The van der Waals surface area contributed by atoms with Gasteiger partial charge in [-0.2, -0.15) is 0 Å². The van der Waals surface area contributed by atoms with Gasteiger partial charge in [0.2, 0.25) is 65.0 Å². The third-order valence-corrected chi connectivity index (χ3v) is 13.3. The van der Waals surface area contributed by atoms with Crippen molar-refractivity contribution >= 4 is 82.9 Å². The summed E-state index contributed by atoms with van der Waals surface area (Å²) < 4.78 is 0. The number of amides is 11. The lowest BCUT2D eigenvalue weighted by atomic mass is 10.0. The van der Waals surface area contributed by atoms with Gasteiger partial charge in [0, 0.05) is 69.1 Å². The number of guanidine groups is 2. The zero-order chi connectivity index (χ0) is 64.7. The first kappa shape index (κ1) is 70.2. The molecule has 0 saturated carbocycles. The molecule has 1 aliphatic heterocycles. The quantitative estimate of drug-likeness (QED) is 0.0144. The molecule has 1 saturated heterocycles. The minimum atomic E-state index is -1.71. The van der Waals surface area contributed by atoms with Crippen molar-refractivity contribution in [1.29, 1.82) is 0 Å². The molecule has 0 bridgehead atoms. The highest BCUT2D eigenvalue weighted by molar-refractivity contribution is 5.98. The first-order valence-corrected chi connectivity index (χ1v) is 27.8. The average molecular weight is 1240 g/mol. The Hall–Kier alpha value is -10.3. The standard InChI is InChI=1S/C52H78N22O14/c53-20-40(77)63-23-41(78)67-31(9-4-14-61-51(55)56)43(80)64-24-42(79)68-35(18-29-21-59-26-65-29)47(84)73-37(25-75)49(86)74-16-6-11-38(74)48(85)71-34(17-28-7-2-1-3-8-28)46(83)69-32(10-5-15-62-52(57)58)44(81)70-33(12-13-39(54)76)45(82)72-36(50(87)88)19-30-22-60-27-66-30/h1-3,7-8,21-22,26-27,31-38,75H,4-6,9-20,23-25,53H2,(H2,54,76)(H,59,65)(H,60,66)(H,63,77)(H,64,80)(H,67,78)(H,68,79)(H,69,83)(H,70,81)(H,71,85)(H,72,82)(H,73,84)(H,87,88)(H4,55,56,61)(H4,57,58,62)/t31-,32-,33-,34-,35-,36-,37-,38-/m0/s1. The number of carboxylic acids is 1. The molecule has 11 amide bonds. The monoisotopic (exact) mass is 1230 g/mol. The molecule has 36 nitrogen and oxygen atoms in total. The number of carbonyl (C=O) groups excluding carboxylic acids is 11. The number of primary amides is 1. The van der Waals surface area contributed by atoms with Crippen molar-refractivity contribution in [3.05, 3.63) is 72.3 Å². The van der Waals surface area contributed by atoms with Crippen LogP contribution in [-0.2, 0) is 76.8 Å². The molecule has 88 heavy (non-hydrogen) atoms. The second-order valence-corrected chi connectivity index (χ2v) is 20.1. The number of carbonyl (C=O) groups is 12. The predicted octanol–water partition coefficient (Wildman–Crippen LogP) is -8.81. The van der Waals surface area contributed by atoms with Crippen molar-refractivity contribution < 1.29 is 67.7 Å². The molecule has 25 N–H and O–H groups in total. The van der Waals surface area contributed by atoms with E-state index >= 15 is 0 Å². The van der Waals surface area contributed by atoms with Crippen LogP contribution in [0, 0.1) is 0 Å². The number of imidazole rings is 2. The molecule has 0 aliphatic carbocycles. The third-order valence-electron chi connectivity index (χ3n) is 13.3. The number of H-pyrrole nitrogens is 2. The van der Waals surface area contributed by atoms with Gasteiger partial charge in [-0.25, -0.2) is 14.8 Å². The molecule has 3 aromatic rings. The Morgan fingerprint density at radius 3 is 1.59 bits per heavy atom. The van der Waals surface area contributed by atoms with Crippen LogP contribution in [0.15, 0.2) is 65.4 Å². The van der Waals surface area contributed by atoms with Gasteiger partial charge >= 0.3 is 5.97 Å². The van der Waals surface area contributed by atoms with Crippen LogP contribution < -0.4 is 82.3 Å². The van der Waals surface area contributed by atoms with E-state index in [0.29, 0.717) is 17.0 Å². The van der Waals surface area contributed by atoms with E-state index < -0.39 is 152 Å². The molecule has 1 aromatic carbocycles. The number of benzene rings is 1. The SMILES string of the molecule is NCC(=O)NCC(=O)N[C@@H](CCCN=C(N)N)C(=O)NCC(=O)N[C@@H](Cc1cnc[nH]1)C(=O)N[C@@H](CO)C(=O)N1CCC[C@H]1C(=O)N[C@@H](Cc1ccccc1)C(=O)N[C@@H](CCCN=C(N)N)C(=O)N[C@@H](CCC(N)=O)C(=O)N[C@@H](Cc1cnc[nH]1)C(=O)O. The molecular formula is C52H78N22O14. The maximum Gasteiger partial charge on any atom is 0.326 e. The number of nitrogens with two attached hydrogens (primary N) is 6. The van der Waals surface area contributed by atoms with Gasteiger partial charge in [-0.15, -0.1) is 0 Å². The number of hydrogen-bond donors (Lipinski definition) is 19. The molecule has 1 fully saturated rings. The zero-order valence-electron chi connectivity index (χ0n) is 48.0. The number of aliphatic carboxylic acids is 1. The van der Waals surface area contributed by atoms with Crippen molar-refractivity contribution in [2.45, 2.75) is 119 Å². The molecule has 480 valence electrons. The first-order chi connectivity index (χ1) is 42.0. The first-order valence-electron chi connectivity index (χ1n) is 27.8. The highest BCUT2D eigenvalue weighted by Gasteiger charge is 2.40. The molecule has 36 heteroatoms. The van der Waals surface area contributed by atoms with Gasteiger partial charge in [-0.3, -0.25) is 62.7 Å². The van der Waals surface area contributed by atoms with Crippen molar-refractivity contribution in [2.75, 3.05) is 45.9 Å². The van der Waals surface area contributed by atoms with Crippen LogP contribution in [0.25, 0.3) is 0 Å². The number of aliphatic hydroxyl groups is 1. The Balaban J connectivity index is 1.52. The fraction of sp³-hybridized carbons (Fsp3) is 0.500. The minimum Gasteiger partial charge on any atom is -0.480 e. The number of nitrogens with one attached hydrogen (secondary N) is 11. The Bertz CT molecular complexity index is 2900. The van der Waals surface area contributed by atoms with Gasteiger partial charge in [-0.05, 0) is 50.5 Å². The van der Waals surface area contributed by atoms with E-state index in [9.17, 15) is 67.7 Å². The van der Waals surface area contributed by atoms with Gasteiger partial charge < -0.3 is 107 Å². The number of aromatic amines is 2. The summed E-state index contributed by atoms with van der Waals surface area (Å²) >= 11 is 0. The van der Waals surface area contributed by atoms with Gasteiger partial charge in [0.25, 0.3) is 0 Å². The Morgan fingerprint density at radius 1 is 0.591 bits per heavy atom. The van der Waals surface area contributed by atoms with Crippen LogP contribution in [0.1, 0.15) is 68.3 Å². The Labute approximate surface area is 503 Å². The number of likely N-dealkylation sites (tertiary alicyclic amines) is 1. The predicted molar refractivity (Wildman–Crippen MR) is 311 cm³/mol. The summed E-state index contributed by atoms with van der Waals surface area (Å²) in [7, 11) is 0. The maximum absolute atomic E-state index is 14.5. The highest BCUT2D eigenvalue weighted by Crippen LogP contribution is 2.20. The lowest BCUT2D eigenvalue weighted by Gasteiger charge is -2.30. The van der Waals surface area contributed by atoms with Crippen LogP contribution in [0.3, 0.4) is 0 Å². The lowest BCUT2D eigenvalue weighted by molar-refractivity contribution is -0.143. The molecule has 0 radical (unpaired) electrons. The lowest BCUT2D eigenvalue weighted by Crippen LogP contribution is -2.60. The summed E-state index contributed by atoms with van der Waals surface area (Å²) in [5.41, 5.74) is 33.7. The molecule has 1 aliphatic rings. The van der Waals surface area contributed by atoms with E-state index in [1.807, 2.05) is 0 Å². The normalized spacial score (nSPS) is 14.9. The molecule has 3 heterocycles. The van der Waals surface area contributed by atoms with E-state index in [1.165, 1.54) is 25.0 Å². The van der Waals surface area contributed by atoms with E-state index in [0.717, 1.165) is 4.90 Å². The molecule has 8 atom stereocenters. The fourth-order valence-electron chi connectivity index (χ4n) is 8.88. The number of aliphatic hydroxyl groups excluding tert-OH is 1. The van der Waals surface area contributed by atoms with Crippen molar-refractivity contribution in [3.63, 3.8) is 0 Å². The molecular weight excluding hydrogens is 1160 g/mol. The Morgan fingerprint density at radius 2 is 1.08 bits per heavy atom. The molecule has 0 unspecified atom stereocenters. The highest BCUT2D eigenvalue weighted by atomic mass is 16.4. The Kier molecular flexibility index (Phi) is 29.2. The fourth-order valence-corrected chi connectivity index (χ4v) is 8.88. The smallest absolute Gasteiger partial charge is 0.326 e. The average Bonchev–Trinajstić information content (AvgIpc) is 2.48. The summed E-state index contributed by atoms with van der Waals surface area (Å²) in [6, 6.07) is -3.37.